The van der Waals surface area contributed by atoms with Crippen LogP contribution >= 0.6 is 23.4 Å². The van der Waals surface area contributed by atoms with E-state index in [-0.39, 0.29) is 33.8 Å². The highest BCUT2D eigenvalue weighted by molar-refractivity contribution is 7.99. The molecule has 2 amide bonds. The van der Waals surface area contributed by atoms with Gasteiger partial charge in [0.15, 0.2) is 0 Å². The van der Waals surface area contributed by atoms with Gasteiger partial charge in [-0.05, 0) is 31.0 Å². The third kappa shape index (κ3) is 3.20. The van der Waals surface area contributed by atoms with Crippen molar-refractivity contribution in [3.05, 3.63) is 23.2 Å². The second kappa shape index (κ2) is 7.06. The minimum absolute atomic E-state index is 0.0952. The van der Waals surface area contributed by atoms with Gasteiger partial charge in [-0.2, -0.15) is 16.1 Å². The monoisotopic (exact) mass is 428 g/mol. The number of nitrogens with zero attached hydrogens (tertiary/aromatic N) is 2. The fourth-order valence-electron chi connectivity index (χ4n) is 4.25. The first-order valence-corrected chi connectivity index (χ1v) is 12.1. The molecule has 1 aliphatic carbocycles. The molecule has 0 aromatic heterocycles. The van der Waals surface area contributed by atoms with Crippen LogP contribution in [0, 0.1) is 5.41 Å². The standard InChI is InChI=1S/C18H21ClN2O4S2/c19-14-11-13(27(24,25)20-7-9-26-10-8-20)3-4-15(14)21-16(22)12-18(17(21)23)5-1-2-6-18/h3-4,11H,1-2,5-10,12H2. The van der Waals surface area contributed by atoms with Gasteiger partial charge in [0, 0.05) is 31.0 Å². The quantitative estimate of drug-likeness (QED) is 0.692. The van der Waals surface area contributed by atoms with E-state index < -0.39 is 15.4 Å². The molecule has 146 valence electrons. The van der Waals surface area contributed by atoms with E-state index in [0.717, 1.165) is 42.1 Å². The molecule has 0 bridgehead atoms. The molecule has 4 rings (SSSR count). The normalized spacial score (nSPS) is 23.5. The van der Waals surface area contributed by atoms with Crippen molar-refractivity contribution in [2.24, 2.45) is 5.41 Å². The Morgan fingerprint density at radius 1 is 1.07 bits per heavy atom. The summed E-state index contributed by atoms with van der Waals surface area (Å²) < 4.78 is 27.1. The second-order valence-corrected chi connectivity index (χ2v) is 10.9. The van der Waals surface area contributed by atoms with Crippen molar-refractivity contribution in [3.63, 3.8) is 0 Å². The largest absolute Gasteiger partial charge is 0.274 e. The molecule has 2 heterocycles. The summed E-state index contributed by atoms with van der Waals surface area (Å²) >= 11 is 8.08. The topological polar surface area (TPSA) is 74.8 Å². The van der Waals surface area contributed by atoms with Crippen LogP contribution in [0.4, 0.5) is 5.69 Å². The van der Waals surface area contributed by atoms with Crippen LogP contribution in [-0.2, 0) is 19.6 Å². The van der Waals surface area contributed by atoms with E-state index in [2.05, 4.69) is 0 Å². The summed E-state index contributed by atoms with van der Waals surface area (Å²) in [6.07, 6.45) is 3.57. The number of imide groups is 1. The van der Waals surface area contributed by atoms with Gasteiger partial charge in [0.1, 0.15) is 0 Å². The van der Waals surface area contributed by atoms with Crippen molar-refractivity contribution in [3.8, 4) is 0 Å². The van der Waals surface area contributed by atoms with Crippen molar-refractivity contribution >= 4 is 50.9 Å². The number of hydrogen-bond donors (Lipinski definition) is 0. The molecule has 2 aliphatic heterocycles. The number of sulfonamides is 1. The van der Waals surface area contributed by atoms with Crippen molar-refractivity contribution in [1.82, 2.24) is 4.31 Å². The summed E-state index contributed by atoms with van der Waals surface area (Å²) in [5, 5.41) is 0.110. The van der Waals surface area contributed by atoms with Gasteiger partial charge in [0.05, 0.1) is 21.0 Å². The first-order chi connectivity index (χ1) is 12.8. The summed E-state index contributed by atoms with van der Waals surface area (Å²) in [5.41, 5.74) is -0.306. The van der Waals surface area contributed by atoms with Crippen LogP contribution in [0.3, 0.4) is 0 Å². The highest BCUT2D eigenvalue weighted by atomic mass is 35.5. The first-order valence-electron chi connectivity index (χ1n) is 9.10. The molecule has 1 aromatic rings. The lowest BCUT2D eigenvalue weighted by atomic mass is 9.84. The smallest absolute Gasteiger partial charge is 0.243 e. The van der Waals surface area contributed by atoms with E-state index in [0.29, 0.717) is 13.1 Å². The predicted octanol–water partition coefficient (Wildman–Crippen LogP) is 2.90. The third-order valence-electron chi connectivity index (χ3n) is 5.72. The van der Waals surface area contributed by atoms with E-state index >= 15 is 0 Å². The summed E-state index contributed by atoms with van der Waals surface area (Å²) in [7, 11) is -3.63. The van der Waals surface area contributed by atoms with Crippen LogP contribution in [0.5, 0.6) is 0 Å². The highest BCUT2D eigenvalue weighted by Gasteiger charge is 2.53. The number of carbonyl (C=O) groups excluding carboxylic acids is 2. The summed E-state index contributed by atoms with van der Waals surface area (Å²) in [4.78, 5) is 26.7. The van der Waals surface area contributed by atoms with Crippen LogP contribution in [-0.4, -0.2) is 49.1 Å². The van der Waals surface area contributed by atoms with Crippen molar-refractivity contribution in [2.75, 3.05) is 29.5 Å². The number of amides is 2. The lowest BCUT2D eigenvalue weighted by Crippen LogP contribution is -2.38. The molecule has 1 aromatic carbocycles. The molecular weight excluding hydrogens is 408 g/mol. The van der Waals surface area contributed by atoms with E-state index in [1.54, 1.807) is 11.8 Å². The number of rotatable bonds is 3. The lowest BCUT2D eigenvalue weighted by molar-refractivity contribution is -0.125. The molecule has 0 N–H and O–H groups in total. The maximum atomic E-state index is 12.9. The molecule has 0 radical (unpaired) electrons. The Hall–Kier alpha value is -1.09. The van der Waals surface area contributed by atoms with Gasteiger partial charge in [-0.3, -0.25) is 9.59 Å². The number of hydrogen-bond acceptors (Lipinski definition) is 5. The maximum absolute atomic E-state index is 12.9. The third-order valence-corrected chi connectivity index (χ3v) is 8.86. The van der Waals surface area contributed by atoms with Gasteiger partial charge in [-0.1, -0.05) is 24.4 Å². The fourth-order valence-corrected chi connectivity index (χ4v) is 7.18. The Morgan fingerprint density at radius 3 is 2.37 bits per heavy atom. The van der Waals surface area contributed by atoms with E-state index in [4.69, 9.17) is 11.6 Å². The minimum atomic E-state index is -3.63. The van der Waals surface area contributed by atoms with Gasteiger partial charge >= 0.3 is 0 Å². The fraction of sp³-hybridized carbons (Fsp3) is 0.556. The zero-order valence-corrected chi connectivity index (χ0v) is 17.2. The SMILES string of the molecule is O=C1CC2(CCCC2)C(=O)N1c1ccc(S(=O)(=O)N2CCSCC2)cc1Cl. The number of halogens is 1. The molecule has 1 spiro atoms. The van der Waals surface area contributed by atoms with Crippen molar-refractivity contribution < 1.29 is 18.0 Å². The summed E-state index contributed by atoms with van der Waals surface area (Å²) in [6.45, 7) is 0.940. The number of thioether (sulfide) groups is 1. The summed E-state index contributed by atoms with van der Waals surface area (Å²) in [6, 6.07) is 4.28. The van der Waals surface area contributed by atoms with Gasteiger partial charge in [-0.15, -0.1) is 0 Å². The Labute approximate surface area is 168 Å². The Kier molecular flexibility index (Phi) is 5.03. The highest BCUT2D eigenvalue weighted by Crippen LogP contribution is 2.49. The molecule has 6 nitrogen and oxygen atoms in total. The Morgan fingerprint density at radius 2 is 1.74 bits per heavy atom. The van der Waals surface area contributed by atoms with Crippen LogP contribution in [0.2, 0.25) is 5.02 Å². The Balaban J connectivity index is 1.64. The molecule has 3 aliphatic rings. The van der Waals surface area contributed by atoms with E-state index in [1.165, 1.54) is 22.5 Å². The van der Waals surface area contributed by atoms with E-state index in [1.807, 2.05) is 0 Å². The zero-order chi connectivity index (χ0) is 19.2. The number of carbonyl (C=O) groups is 2. The molecule has 9 heteroatoms. The number of benzene rings is 1. The first kappa shape index (κ1) is 19.2. The molecule has 3 fully saturated rings. The van der Waals surface area contributed by atoms with Gasteiger partial charge in [-0.25, -0.2) is 13.3 Å². The van der Waals surface area contributed by atoms with Crippen LogP contribution in [0.15, 0.2) is 23.1 Å². The summed E-state index contributed by atoms with van der Waals surface area (Å²) in [5.74, 6) is 1.08. The average molecular weight is 429 g/mol. The molecule has 0 unspecified atom stereocenters. The van der Waals surface area contributed by atoms with Gasteiger partial charge in [0.2, 0.25) is 21.8 Å². The molecule has 1 saturated carbocycles. The zero-order valence-electron chi connectivity index (χ0n) is 14.8. The molecule has 27 heavy (non-hydrogen) atoms. The van der Waals surface area contributed by atoms with Gasteiger partial charge < -0.3 is 0 Å². The van der Waals surface area contributed by atoms with Crippen LogP contribution in [0.1, 0.15) is 32.1 Å². The van der Waals surface area contributed by atoms with Crippen LogP contribution < -0.4 is 4.90 Å². The minimum Gasteiger partial charge on any atom is -0.274 e. The molecular formula is C18H21ClN2O4S2. The Bertz CT molecular complexity index is 891. The predicted molar refractivity (Wildman–Crippen MR) is 106 cm³/mol. The lowest BCUT2D eigenvalue weighted by Gasteiger charge is -2.26. The maximum Gasteiger partial charge on any atom is 0.243 e. The molecule has 2 saturated heterocycles. The van der Waals surface area contributed by atoms with Crippen LogP contribution in [0.25, 0.3) is 0 Å². The number of anilines is 1. The molecule has 0 atom stereocenters. The van der Waals surface area contributed by atoms with Crippen molar-refractivity contribution in [1.29, 1.82) is 0 Å². The van der Waals surface area contributed by atoms with Gasteiger partial charge in [0.25, 0.3) is 0 Å². The van der Waals surface area contributed by atoms with Crippen molar-refractivity contribution in [2.45, 2.75) is 37.0 Å². The second-order valence-electron chi connectivity index (χ2n) is 7.33. The average Bonchev–Trinajstić information content (AvgIpc) is 3.22. The van der Waals surface area contributed by atoms with E-state index in [9.17, 15) is 18.0 Å².